The Balaban J connectivity index is 1.76. The van der Waals surface area contributed by atoms with Crippen LogP contribution in [0.5, 0.6) is 0 Å². The number of rotatable bonds is 3. The first-order valence-electron chi connectivity index (χ1n) is 7.97. The van der Waals surface area contributed by atoms with E-state index in [0.717, 1.165) is 33.4 Å². The minimum Gasteiger partial charge on any atom is -0.412 e. The summed E-state index contributed by atoms with van der Waals surface area (Å²) in [5.41, 5.74) is 5.04. The number of hydrogen-bond acceptors (Lipinski definition) is 2. The summed E-state index contributed by atoms with van der Waals surface area (Å²) in [6, 6.07) is 16.0. The fourth-order valence-electron chi connectivity index (χ4n) is 3.09. The third kappa shape index (κ3) is 2.36. The van der Waals surface area contributed by atoms with E-state index < -0.39 is 0 Å². The molecule has 120 valence electrons. The van der Waals surface area contributed by atoms with E-state index >= 15 is 0 Å². The number of aromatic amines is 1. The van der Waals surface area contributed by atoms with Crippen LogP contribution in [-0.4, -0.2) is 9.55 Å². The van der Waals surface area contributed by atoms with Gasteiger partial charge < -0.3 is 9.40 Å². The van der Waals surface area contributed by atoms with Crippen LogP contribution in [0.2, 0.25) is 0 Å². The molecule has 0 atom stereocenters. The molecule has 0 amide bonds. The minimum absolute atomic E-state index is 0.341. The second-order valence-corrected chi connectivity index (χ2v) is 6.08. The fraction of sp³-hybridized carbons (Fsp3) is 0.150. The number of fused-ring (bicyclic) bond motifs is 1. The number of hydrogen-bond donors (Lipinski definition) is 1. The van der Waals surface area contributed by atoms with Crippen LogP contribution in [0.15, 0.2) is 63.9 Å². The van der Waals surface area contributed by atoms with Crippen LogP contribution >= 0.6 is 0 Å². The highest BCUT2D eigenvalue weighted by atomic mass is 16.4. The van der Waals surface area contributed by atoms with Gasteiger partial charge in [0, 0.05) is 23.5 Å². The molecule has 4 rings (SSSR count). The third-order valence-electron chi connectivity index (χ3n) is 4.45. The lowest BCUT2D eigenvalue weighted by Crippen LogP contribution is -2.13. The van der Waals surface area contributed by atoms with Crippen molar-refractivity contribution in [2.75, 3.05) is 0 Å². The molecule has 0 saturated carbocycles. The van der Waals surface area contributed by atoms with Gasteiger partial charge in [0.15, 0.2) is 0 Å². The van der Waals surface area contributed by atoms with Gasteiger partial charge in [-0.2, -0.15) is 0 Å². The summed E-state index contributed by atoms with van der Waals surface area (Å²) in [5.74, 6) is 0.358. The Morgan fingerprint density at radius 1 is 1.04 bits per heavy atom. The van der Waals surface area contributed by atoms with Crippen LogP contribution in [0.1, 0.15) is 22.6 Å². The van der Waals surface area contributed by atoms with Crippen molar-refractivity contribution >= 4 is 10.9 Å². The average Bonchev–Trinajstić information content (AvgIpc) is 3.11. The molecular formula is C20H18N2O2. The molecule has 4 heteroatoms. The highest BCUT2D eigenvalue weighted by Crippen LogP contribution is 2.23. The van der Waals surface area contributed by atoms with E-state index in [-0.39, 0.29) is 5.76 Å². The van der Waals surface area contributed by atoms with Gasteiger partial charge in [0.05, 0.1) is 11.4 Å². The number of aromatic nitrogens is 2. The number of aryl methyl sites for hydroxylation is 1. The molecular weight excluding hydrogens is 300 g/mol. The number of para-hydroxylation sites is 1. The quantitative estimate of drug-likeness (QED) is 0.618. The van der Waals surface area contributed by atoms with Crippen LogP contribution in [0.4, 0.5) is 0 Å². The van der Waals surface area contributed by atoms with Gasteiger partial charge in [-0.3, -0.25) is 0 Å². The summed E-state index contributed by atoms with van der Waals surface area (Å²) in [6.45, 7) is 3.95. The van der Waals surface area contributed by atoms with Crippen molar-refractivity contribution in [2.24, 2.45) is 0 Å². The Labute approximate surface area is 139 Å². The first-order valence-corrected chi connectivity index (χ1v) is 7.97. The van der Waals surface area contributed by atoms with Gasteiger partial charge in [-0.25, -0.2) is 9.36 Å². The zero-order valence-electron chi connectivity index (χ0n) is 13.7. The molecule has 0 spiro atoms. The van der Waals surface area contributed by atoms with Crippen molar-refractivity contribution in [2.45, 2.75) is 20.3 Å². The van der Waals surface area contributed by atoms with Gasteiger partial charge in [0.25, 0.3) is 0 Å². The van der Waals surface area contributed by atoms with Crippen molar-refractivity contribution in [3.63, 3.8) is 0 Å². The summed E-state index contributed by atoms with van der Waals surface area (Å²) in [6.07, 6.45) is 2.57. The van der Waals surface area contributed by atoms with Gasteiger partial charge >= 0.3 is 5.76 Å². The molecule has 0 bridgehead atoms. The molecule has 0 aliphatic heterocycles. The van der Waals surface area contributed by atoms with Crippen molar-refractivity contribution in [3.05, 3.63) is 87.9 Å². The van der Waals surface area contributed by atoms with E-state index in [9.17, 15) is 4.79 Å². The monoisotopic (exact) mass is 318 g/mol. The zero-order valence-corrected chi connectivity index (χ0v) is 13.7. The Morgan fingerprint density at radius 2 is 1.79 bits per heavy atom. The van der Waals surface area contributed by atoms with E-state index in [1.165, 1.54) is 0 Å². The molecule has 0 aliphatic carbocycles. The van der Waals surface area contributed by atoms with E-state index in [2.05, 4.69) is 11.1 Å². The highest BCUT2D eigenvalue weighted by molar-refractivity contribution is 5.83. The smallest absolute Gasteiger partial charge is 0.412 e. The topological polar surface area (TPSA) is 50.9 Å². The second kappa shape index (κ2) is 5.57. The second-order valence-electron chi connectivity index (χ2n) is 6.08. The van der Waals surface area contributed by atoms with Crippen LogP contribution in [0.25, 0.3) is 16.6 Å². The van der Waals surface area contributed by atoms with Crippen molar-refractivity contribution in [3.8, 4) is 5.69 Å². The molecule has 1 N–H and O–H groups in total. The van der Waals surface area contributed by atoms with Crippen molar-refractivity contribution < 1.29 is 4.42 Å². The molecule has 0 fully saturated rings. The van der Waals surface area contributed by atoms with Gasteiger partial charge in [-0.05, 0) is 37.6 Å². The van der Waals surface area contributed by atoms with Crippen LogP contribution in [0.3, 0.4) is 0 Å². The number of nitrogens with zero attached hydrogens (tertiary/aromatic N) is 1. The first-order chi connectivity index (χ1) is 11.6. The normalized spacial score (nSPS) is 11.2. The predicted octanol–water partition coefficient (Wildman–Crippen LogP) is 4.12. The van der Waals surface area contributed by atoms with Gasteiger partial charge in [-0.1, -0.05) is 35.9 Å². The van der Waals surface area contributed by atoms with Crippen LogP contribution in [0, 0.1) is 13.8 Å². The number of benzene rings is 2. The number of oxazole rings is 1. The SMILES string of the molecule is Cc1ccc(-n2c(C)c(Cc3c[nH]c4ccccc34)oc2=O)cc1. The lowest BCUT2D eigenvalue weighted by molar-refractivity contribution is 0.469. The summed E-state index contributed by atoms with van der Waals surface area (Å²) in [7, 11) is 0. The van der Waals surface area contributed by atoms with Crippen molar-refractivity contribution in [1.82, 2.24) is 9.55 Å². The molecule has 0 aliphatic rings. The summed E-state index contributed by atoms with van der Waals surface area (Å²) < 4.78 is 7.17. The lowest BCUT2D eigenvalue weighted by Gasteiger charge is -2.04. The standard InChI is InChI=1S/C20H18N2O2/c1-13-7-9-16(10-8-13)22-14(2)19(24-20(22)23)11-15-12-21-18-6-4-3-5-17(15)18/h3-10,12,21H,11H2,1-2H3. The molecule has 4 nitrogen and oxygen atoms in total. The van der Waals surface area contributed by atoms with Gasteiger partial charge in [0.2, 0.25) is 0 Å². The Bertz CT molecular complexity index is 1070. The Hall–Kier alpha value is -3.01. The maximum atomic E-state index is 12.3. The molecule has 0 radical (unpaired) electrons. The molecule has 2 heterocycles. The maximum absolute atomic E-state index is 12.3. The van der Waals surface area contributed by atoms with E-state index in [1.54, 1.807) is 4.57 Å². The Morgan fingerprint density at radius 3 is 2.58 bits per heavy atom. The van der Waals surface area contributed by atoms with Gasteiger partial charge in [0.1, 0.15) is 5.76 Å². The van der Waals surface area contributed by atoms with E-state index in [4.69, 9.17) is 4.42 Å². The zero-order chi connectivity index (χ0) is 16.7. The van der Waals surface area contributed by atoms with Crippen LogP contribution < -0.4 is 5.76 Å². The molecule has 24 heavy (non-hydrogen) atoms. The number of H-pyrrole nitrogens is 1. The third-order valence-corrected chi connectivity index (χ3v) is 4.45. The minimum atomic E-state index is -0.341. The fourth-order valence-corrected chi connectivity index (χ4v) is 3.09. The van der Waals surface area contributed by atoms with Crippen LogP contribution in [-0.2, 0) is 6.42 Å². The molecule has 4 aromatic rings. The average molecular weight is 318 g/mol. The highest BCUT2D eigenvalue weighted by Gasteiger charge is 2.16. The molecule has 2 aromatic heterocycles. The maximum Gasteiger partial charge on any atom is 0.424 e. The Kier molecular flexibility index (Phi) is 3.38. The molecule has 2 aromatic carbocycles. The van der Waals surface area contributed by atoms with E-state index in [0.29, 0.717) is 12.2 Å². The van der Waals surface area contributed by atoms with E-state index in [1.807, 2.05) is 62.5 Å². The predicted molar refractivity (Wildman–Crippen MR) is 94.9 cm³/mol. The largest absolute Gasteiger partial charge is 0.424 e. The number of nitrogens with one attached hydrogen (secondary N) is 1. The summed E-state index contributed by atoms with van der Waals surface area (Å²) in [4.78, 5) is 15.6. The summed E-state index contributed by atoms with van der Waals surface area (Å²) >= 11 is 0. The van der Waals surface area contributed by atoms with Gasteiger partial charge in [-0.15, -0.1) is 0 Å². The molecule has 0 unspecified atom stereocenters. The molecule has 0 saturated heterocycles. The van der Waals surface area contributed by atoms with Crippen molar-refractivity contribution in [1.29, 1.82) is 0 Å². The lowest BCUT2D eigenvalue weighted by atomic mass is 10.1. The first kappa shape index (κ1) is 14.6. The summed E-state index contributed by atoms with van der Waals surface area (Å²) in [5, 5.41) is 1.16.